The van der Waals surface area contributed by atoms with Crippen molar-refractivity contribution in [2.75, 3.05) is 13.1 Å². The van der Waals surface area contributed by atoms with Crippen molar-refractivity contribution in [2.45, 2.75) is 64.3 Å². The number of carbonyl (C=O) groups is 1. The highest BCUT2D eigenvalue weighted by molar-refractivity contribution is 5.96. The van der Waals surface area contributed by atoms with E-state index in [-0.39, 0.29) is 23.4 Å². The van der Waals surface area contributed by atoms with Crippen LogP contribution >= 0.6 is 0 Å². The van der Waals surface area contributed by atoms with E-state index in [9.17, 15) is 14.7 Å². The molecule has 6 nitrogen and oxygen atoms in total. The van der Waals surface area contributed by atoms with Crippen molar-refractivity contribution in [3.63, 3.8) is 0 Å². The Morgan fingerprint density at radius 1 is 1.06 bits per heavy atom. The zero-order chi connectivity index (χ0) is 24.8. The van der Waals surface area contributed by atoms with Gasteiger partial charge >= 0.3 is 0 Å². The van der Waals surface area contributed by atoms with E-state index in [2.05, 4.69) is 31.0 Å². The van der Waals surface area contributed by atoms with Crippen LogP contribution in [0.1, 0.15) is 85.2 Å². The number of carbonyl (C=O) groups excluding carboxylic acids is 1. The van der Waals surface area contributed by atoms with Crippen molar-refractivity contribution in [3.05, 3.63) is 93.5 Å². The van der Waals surface area contributed by atoms with Crippen LogP contribution < -0.4 is 5.56 Å². The van der Waals surface area contributed by atoms with Crippen molar-refractivity contribution in [3.8, 4) is 5.88 Å². The Hall–Kier alpha value is -3.41. The first-order valence-corrected chi connectivity index (χ1v) is 12.8. The van der Waals surface area contributed by atoms with Crippen molar-refractivity contribution in [2.24, 2.45) is 0 Å². The van der Waals surface area contributed by atoms with Crippen LogP contribution in [0.5, 0.6) is 5.88 Å². The van der Waals surface area contributed by atoms with Crippen LogP contribution in [0.25, 0.3) is 0 Å². The fourth-order valence-electron chi connectivity index (χ4n) is 5.08. The SMILES string of the molecule is CCCCc1nc(=O)c(C(=O)N2CC[C@@H](c3ccccc3)C2)c(O)n1[C@@H](CCC)c1ccccc1. The number of nitrogens with zero attached hydrogens (tertiary/aromatic N) is 3. The Labute approximate surface area is 207 Å². The average Bonchev–Trinajstić information content (AvgIpc) is 3.38. The van der Waals surface area contributed by atoms with Gasteiger partial charge in [-0.15, -0.1) is 0 Å². The van der Waals surface area contributed by atoms with E-state index in [4.69, 9.17) is 0 Å². The third-order valence-corrected chi connectivity index (χ3v) is 6.95. The molecule has 184 valence electrons. The average molecular weight is 474 g/mol. The molecule has 2 heterocycles. The van der Waals surface area contributed by atoms with E-state index in [1.165, 1.54) is 5.56 Å². The summed E-state index contributed by atoms with van der Waals surface area (Å²) in [6, 6.07) is 19.9. The van der Waals surface area contributed by atoms with Gasteiger partial charge in [0.2, 0.25) is 5.88 Å². The molecule has 35 heavy (non-hydrogen) atoms. The van der Waals surface area contributed by atoms with E-state index in [0.29, 0.717) is 25.3 Å². The van der Waals surface area contributed by atoms with E-state index >= 15 is 0 Å². The number of aromatic hydroxyl groups is 1. The molecule has 0 radical (unpaired) electrons. The highest BCUT2D eigenvalue weighted by Gasteiger charge is 2.33. The monoisotopic (exact) mass is 473 g/mol. The fourth-order valence-corrected chi connectivity index (χ4v) is 5.08. The van der Waals surface area contributed by atoms with Gasteiger partial charge in [-0.25, -0.2) is 0 Å². The molecule has 2 atom stereocenters. The van der Waals surface area contributed by atoms with Gasteiger partial charge in [0.1, 0.15) is 5.82 Å². The van der Waals surface area contributed by atoms with Gasteiger partial charge in [-0.3, -0.25) is 14.2 Å². The van der Waals surface area contributed by atoms with Crippen LogP contribution in [0.3, 0.4) is 0 Å². The maximum Gasteiger partial charge on any atom is 0.289 e. The summed E-state index contributed by atoms with van der Waals surface area (Å²) in [4.78, 5) is 32.7. The lowest BCUT2D eigenvalue weighted by atomic mass is 9.99. The maximum absolute atomic E-state index is 13.6. The molecule has 0 spiro atoms. The summed E-state index contributed by atoms with van der Waals surface area (Å²) in [5.74, 6) is 0.0688. The molecule has 3 aromatic rings. The normalized spacial score (nSPS) is 16.4. The molecule has 0 aliphatic carbocycles. The molecule has 1 aliphatic rings. The Kier molecular flexibility index (Phi) is 8.01. The minimum atomic E-state index is -0.638. The second kappa shape index (κ2) is 11.3. The summed E-state index contributed by atoms with van der Waals surface area (Å²) < 4.78 is 1.74. The lowest BCUT2D eigenvalue weighted by Gasteiger charge is -2.26. The molecule has 0 unspecified atom stereocenters. The van der Waals surface area contributed by atoms with E-state index in [1.54, 1.807) is 9.47 Å². The number of unbranched alkanes of at least 4 members (excludes halogenated alkanes) is 1. The first-order valence-electron chi connectivity index (χ1n) is 12.8. The lowest BCUT2D eigenvalue weighted by Crippen LogP contribution is -2.35. The summed E-state index contributed by atoms with van der Waals surface area (Å²) in [5.41, 5.74) is 1.36. The highest BCUT2D eigenvalue weighted by Crippen LogP contribution is 2.33. The summed E-state index contributed by atoms with van der Waals surface area (Å²) in [6.45, 7) is 5.24. The third kappa shape index (κ3) is 5.31. The maximum atomic E-state index is 13.6. The van der Waals surface area contributed by atoms with Crippen molar-refractivity contribution in [1.82, 2.24) is 14.5 Å². The molecular weight excluding hydrogens is 438 g/mol. The van der Waals surface area contributed by atoms with Crippen molar-refractivity contribution in [1.29, 1.82) is 0 Å². The predicted octanol–water partition coefficient (Wildman–Crippen LogP) is 5.31. The molecule has 0 bridgehead atoms. The van der Waals surface area contributed by atoms with Gasteiger partial charge in [-0.2, -0.15) is 4.98 Å². The lowest BCUT2D eigenvalue weighted by molar-refractivity contribution is 0.0783. The van der Waals surface area contributed by atoms with Gasteiger partial charge in [-0.1, -0.05) is 87.4 Å². The molecular formula is C29H35N3O3. The zero-order valence-corrected chi connectivity index (χ0v) is 20.7. The van der Waals surface area contributed by atoms with Gasteiger partial charge in [0, 0.05) is 25.4 Å². The third-order valence-electron chi connectivity index (χ3n) is 6.95. The van der Waals surface area contributed by atoms with Crippen LogP contribution in [-0.4, -0.2) is 38.6 Å². The minimum absolute atomic E-state index is 0.205. The van der Waals surface area contributed by atoms with Crippen LogP contribution in [0, 0.1) is 0 Å². The van der Waals surface area contributed by atoms with Gasteiger partial charge in [0.05, 0.1) is 6.04 Å². The first kappa shape index (κ1) is 24.7. The molecule has 1 amide bonds. The summed E-state index contributed by atoms with van der Waals surface area (Å²) in [5, 5.41) is 11.5. The molecule has 0 saturated carbocycles. The Bertz CT molecular complexity index is 1190. The number of likely N-dealkylation sites (tertiary alicyclic amines) is 1. The molecule has 1 fully saturated rings. The number of hydrogen-bond donors (Lipinski definition) is 1. The molecule has 1 N–H and O–H groups in total. The van der Waals surface area contributed by atoms with Crippen molar-refractivity contribution >= 4 is 5.91 Å². The molecule has 4 rings (SSSR count). The number of hydrogen-bond acceptors (Lipinski definition) is 4. The summed E-state index contributed by atoms with van der Waals surface area (Å²) in [7, 11) is 0. The summed E-state index contributed by atoms with van der Waals surface area (Å²) in [6.07, 6.45) is 4.82. The highest BCUT2D eigenvalue weighted by atomic mass is 16.3. The molecule has 1 aliphatic heterocycles. The largest absolute Gasteiger partial charge is 0.494 e. The molecule has 2 aromatic carbocycles. The first-order chi connectivity index (χ1) is 17.0. The molecule has 1 saturated heterocycles. The van der Waals surface area contributed by atoms with Crippen LogP contribution in [0.2, 0.25) is 0 Å². The Balaban J connectivity index is 1.74. The van der Waals surface area contributed by atoms with E-state index in [0.717, 1.165) is 37.7 Å². The number of amides is 1. The Morgan fingerprint density at radius 3 is 2.40 bits per heavy atom. The van der Waals surface area contributed by atoms with Gasteiger partial charge in [0.15, 0.2) is 5.56 Å². The van der Waals surface area contributed by atoms with E-state index in [1.807, 2.05) is 48.5 Å². The predicted molar refractivity (Wildman–Crippen MR) is 138 cm³/mol. The zero-order valence-electron chi connectivity index (χ0n) is 20.7. The molecule has 6 heteroatoms. The number of aryl methyl sites for hydroxylation is 1. The van der Waals surface area contributed by atoms with Crippen LogP contribution in [0.4, 0.5) is 0 Å². The smallest absolute Gasteiger partial charge is 0.289 e. The Morgan fingerprint density at radius 2 is 1.74 bits per heavy atom. The van der Waals surface area contributed by atoms with E-state index < -0.39 is 11.5 Å². The minimum Gasteiger partial charge on any atom is -0.494 e. The fraction of sp³-hybridized carbons (Fsp3) is 0.414. The van der Waals surface area contributed by atoms with Crippen molar-refractivity contribution < 1.29 is 9.90 Å². The molecule has 1 aromatic heterocycles. The van der Waals surface area contributed by atoms with Gasteiger partial charge in [0.25, 0.3) is 11.5 Å². The van der Waals surface area contributed by atoms with Gasteiger partial charge in [-0.05, 0) is 30.4 Å². The number of benzene rings is 2. The second-order valence-corrected chi connectivity index (χ2v) is 9.37. The van der Waals surface area contributed by atoms with Crippen LogP contribution in [0.15, 0.2) is 65.5 Å². The topological polar surface area (TPSA) is 75.4 Å². The standard InChI is InChI=1S/C29H35N3O3/c1-3-5-17-25-30-27(33)26(28(34)31-19-18-23(20-31)21-13-8-6-9-14-21)29(35)32(25)24(12-4-2)22-15-10-7-11-16-22/h6-11,13-16,23-24,35H,3-5,12,17-20H2,1-2H3/t23-,24+/m1/s1. The second-order valence-electron chi connectivity index (χ2n) is 9.37. The van der Waals surface area contributed by atoms with Crippen LogP contribution in [-0.2, 0) is 6.42 Å². The number of aromatic nitrogens is 2. The summed E-state index contributed by atoms with van der Waals surface area (Å²) >= 11 is 0. The number of rotatable bonds is 9. The van der Waals surface area contributed by atoms with Gasteiger partial charge < -0.3 is 10.0 Å². The quantitative estimate of drug-likeness (QED) is 0.457.